The van der Waals surface area contributed by atoms with Gasteiger partial charge < -0.3 is 9.47 Å². The van der Waals surface area contributed by atoms with E-state index >= 15 is 0 Å². The van der Waals surface area contributed by atoms with E-state index in [1.807, 2.05) is 6.07 Å². The molecule has 0 unspecified atom stereocenters. The average Bonchev–Trinajstić information content (AvgIpc) is 2.36. The fourth-order valence-electron chi connectivity index (χ4n) is 1.36. The Morgan fingerprint density at radius 1 is 1.50 bits per heavy atom. The van der Waals surface area contributed by atoms with Gasteiger partial charge in [-0.05, 0) is 0 Å². The third-order valence-corrected chi connectivity index (χ3v) is 2.52. The molecule has 0 saturated heterocycles. The molecule has 1 aromatic heterocycles. The van der Waals surface area contributed by atoms with Crippen molar-refractivity contribution in [1.82, 2.24) is 14.0 Å². The summed E-state index contributed by atoms with van der Waals surface area (Å²) in [6.07, 6.45) is 1.56. The van der Waals surface area contributed by atoms with Gasteiger partial charge in [-0.2, -0.15) is 5.26 Å². The molecule has 0 aliphatic carbocycles. The Kier molecular flexibility index (Phi) is 4.43. The van der Waals surface area contributed by atoms with Crippen molar-refractivity contribution in [1.29, 1.82) is 5.26 Å². The average molecular weight is 250 g/mol. The molecule has 7 nitrogen and oxygen atoms in total. The second-order valence-corrected chi connectivity index (χ2v) is 3.86. The summed E-state index contributed by atoms with van der Waals surface area (Å²) in [7, 11) is 3.03. The van der Waals surface area contributed by atoms with Crippen molar-refractivity contribution in [2.24, 2.45) is 7.05 Å². The number of nitriles is 1. The lowest BCUT2D eigenvalue weighted by atomic mass is 10.4. The highest BCUT2D eigenvalue weighted by molar-refractivity contribution is 5.75. The number of nitrogens with zero attached hydrogens (tertiary/aromatic N) is 4. The highest BCUT2D eigenvalue weighted by Gasteiger charge is 2.12. The second kappa shape index (κ2) is 5.82. The van der Waals surface area contributed by atoms with Crippen LogP contribution in [0.1, 0.15) is 6.42 Å². The van der Waals surface area contributed by atoms with Crippen LogP contribution in [0.4, 0.5) is 0 Å². The quantitative estimate of drug-likeness (QED) is 0.680. The molecule has 0 radical (unpaired) electrons. The van der Waals surface area contributed by atoms with Crippen LogP contribution in [0.3, 0.4) is 0 Å². The fourth-order valence-corrected chi connectivity index (χ4v) is 1.36. The van der Waals surface area contributed by atoms with Gasteiger partial charge in [0.1, 0.15) is 6.54 Å². The van der Waals surface area contributed by atoms with Gasteiger partial charge in [0.2, 0.25) is 5.91 Å². The molecule has 0 saturated carbocycles. The lowest BCUT2D eigenvalue weighted by Crippen LogP contribution is -2.43. The van der Waals surface area contributed by atoms with E-state index in [1.165, 1.54) is 35.8 Å². The number of amides is 1. The molecule has 0 bridgehead atoms. The predicted molar refractivity (Wildman–Crippen MR) is 63.8 cm³/mol. The van der Waals surface area contributed by atoms with Crippen molar-refractivity contribution in [3.63, 3.8) is 0 Å². The molecule has 1 heterocycles. The van der Waals surface area contributed by atoms with E-state index in [-0.39, 0.29) is 25.4 Å². The zero-order valence-corrected chi connectivity index (χ0v) is 10.3. The van der Waals surface area contributed by atoms with Gasteiger partial charge in [0.15, 0.2) is 0 Å². The molecular formula is C11H14N4O3. The number of carbonyl (C=O) groups is 1. The van der Waals surface area contributed by atoms with E-state index in [0.29, 0.717) is 0 Å². The highest BCUT2D eigenvalue weighted by Crippen LogP contribution is 1.89. The van der Waals surface area contributed by atoms with E-state index in [4.69, 9.17) is 5.26 Å². The van der Waals surface area contributed by atoms with E-state index in [9.17, 15) is 14.4 Å². The first-order chi connectivity index (χ1) is 8.47. The summed E-state index contributed by atoms with van der Waals surface area (Å²) in [6, 6.07) is 3.15. The van der Waals surface area contributed by atoms with Gasteiger partial charge in [-0.25, -0.2) is 4.79 Å². The normalized spacial score (nSPS) is 9.83. The molecule has 18 heavy (non-hydrogen) atoms. The first-order valence-corrected chi connectivity index (χ1v) is 5.34. The van der Waals surface area contributed by atoms with Crippen molar-refractivity contribution in [2.75, 3.05) is 13.6 Å². The SMILES string of the molecule is CN(CCC#N)C(=O)Cn1c(=O)ccn(C)c1=O. The van der Waals surface area contributed by atoms with Crippen LogP contribution in [0.25, 0.3) is 0 Å². The molecule has 96 valence electrons. The van der Waals surface area contributed by atoms with Gasteiger partial charge in [-0.1, -0.05) is 0 Å². The van der Waals surface area contributed by atoms with Crippen LogP contribution in [-0.4, -0.2) is 33.5 Å². The smallest absolute Gasteiger partial charge is 0.331 e. The lowest BCUT2D eigenvalue weighted by Gasteiger charge is -2.15. The zero-order valence-electron chi connectivity index (χ0n) is 10.3. The van der Waals surface area contributed by atoms with Gasteiger partial charge >= 0.3 is 5.69 Å². The minimum Gasteiger partial charge on any atom is -0.343 e. The van der Waals surface area contributed by atoms with Crippen LogP contribution >= 0.6 is 0 Å². The summed E-state index contributed by atoms with van der Waals surface area (Å²) < 4.78 is 2.09. The molecule has 0 aromatic carbocycles. The van der Waals surface area contributed by atoms with Crippen LogP contribution in [0.15, 0.2) is 21.9 Å². The molecule has 0 fully saturated rings. The van der Waals surface area contributed by atoms with Gasteiger partial charge in [0.25, 0.3) is 5.56 Å². The number of rotatable bonds is 4. The number of carbonyl (C=O) groups excluding carboxylic acids is 1. The second-order valence-electron chi connectivity index (χ2n) is 3.86. The number of aryl methyl sites for hydroxylation is 1. The van der Waals surface area contributed by atoms with Crippen molar-refractivity contribution >= 4 is 5.91 Å². The molecule has 1 rings (SSSR count). The maximum Gasteiger partial charge on any atom is 0.331 e. The first kappa shape index (κ1) is 13.7. The highest BCUT2D eigenvalue weighted by atomic mass is 16.2. The summed E-state index contributed by atoms with van der Waals surface area (Å²) in [5.41, 5.74) is -1.05. The zero-order chi connectivity index (χ0) is 13.7. The number of aromatic nitrogens is 2. The van der Waals surface area contributed by atoms with Crippen LogP contribution in [0, 0.1) is 11.3 Å². The first-order valence-electron chi connectivity index (χ1n) is 5.34. The Bertz CT molecular complexity index is 594. The molecule has 0 N–H and O–H groups in total. The Morgan fingerprint density at radius 2 is 2.17 bits per heavy atom. The topological polar surface area (TPSA) is 88.1 Å². The molecule has 0 spiro atoms. The minimum absolute atomic E-state index is 0.212. The Labute approximate surface area is 103 Å². The van der Waals surface area contributed by atoms with E-state index < -0.39 is 11.2 Å². The summed E-state index contributed by atoms with van der Waals surface area (Å²) in [6.45, 7) is -0.0362. The maximum absolute atomic E-state index is 11.7. The monoisotopic (exact) mass is 250 g/mol. The van der Waals surface area contributed by atoms with Crippen molar-refractivity contribution in [3.8, 4) is 6.07 Å². The summed E-state index contributed by atoms with van der Waals surface area (Å²) in [4.78, 5) is 36.2. The van der Waals surface area contributed by atoms with E-state index in [1.54, 1.807) is 0 Å². The van der Waals surface area contributed by atoms with Crippen LogP contribution in [-0.2, 0) is 18.4 Å². The molecule has 1 amide bonds. The standard InChI is InChI=1S/C11H14N4O3/c1-13(6-3-5-12)10(17)8-15-9(16)4-7-14(2)11(15)18/h4,7H,3,6,8H2,1-2H3. The number of likely N-dealkylation sites (N-methyl/N-ethyl adjacent to an activating group) is 1. The lowest BCUT2D eigenvalue weighted by molar-refractivity contribution is -0.130. The Morgan fingerprint density at radius 3 is 2.78 bits per heavy atom. The molecule has 7 heteroatoms. The fraction of sp³-hybridized carbons (Fsp3) is 0.455. The Balaban J connectivity index is 2.90. The molecule has 0 aliphatic rings. The van der Waals surface area contributed by atoms with Crippen LogP contribution in [0.2, 0.25) is 0 Å². The summed E-state index contributed by atoms with van der Waals surface area (Å²) in [5, 5.41) is 8.41. The number of hydrogen-bond acceptors (Lipinski definition) is 4. The van der Waals surface area contributed by atoms with Crippen molar-refractivity contribution in [3.05, 3.63) is 33.1 Å². The van der Waals surface area contributed by atoms with Crippen LogP contribution in [0.5, 0.6) is 0 Å². The van der Waals surface area contributed by atoms with Gasteiger partial charge in [0, 0.05) is 32.9 Å². The van der Waals surface area contributed by atoms with Crippen LogP contribution < -0.4 is 11.2 Å². The van der Waals surface area contributed by atoms with E-state index in [0.717, 1.165) is 4.57 Å². The van der Waals surface area contributed by atoms with Crippen molar-refractivity contribution < 1.29 is 4.79 Å². The van der Waals surface area contributed by atoms with Gasteiger partial charge in [-0.3, -0.25) is 14.2 Å². The summed E-state index contributed by atoms with van der Waals surface area (Å²) in [5.74, 6) is -0.379. The predicted octanol–water partition coefficient (Wildman–Crippen LogP) is -1.08. The van der Waals surface area contributed by atoms with Gasteiger partial charge in [-0.15, -0.1) is 0 Å². The molecule has 1 aromatic rings. The third kappa shape index (κ3) is 3.07. The maximum atomic E-state index is 11.7. The molecule has 0 atom stereocenters. The largest absolute Gasteiger partial charge is 0.343 e. The molecular weight excluding hydrogens is 236 g/mol. The Hall–Kier alpha value is -2.36. The van der Waals surface area contributed by atoms with Gasteiger partial charge in [0.05, 0.1) is 12.5 Å². The van der Waals surface area contributed by atoms with Crippen molar-refractivity contribution in [2.45, 2.75) is 13.0 Å². The number of hydrogen-bond donors (Lipinski definition) is 0. The minimum atomic E-state index is -0.537. The molecule has 0 aliphatic heterocycles. The summed E-state index contributed by atoms with van der Waals surface area (Å²) >= 11 is 0. The third-order valence-electron chi connectivity index (χ3n) is 2.52. The van der Waals surface area contributed by atoms with E-state index in [2.05, 4.69) is 0 Å².